The summed E-state index contributed by atoms with van der Waals surface area (Å²) in [5, 5.41) is 7.53. The molecule has 0 radical (unpaired) electrons. The molecule has 1 aliphatic carbocycles. The maximum Gasteiger partial charge on any atom is 0.231 e. The topological polar surface area (TPSA) is 63.8 Å². The molecule has 2 aromatic heterocycles. The molecule has 2 atom stereocenters. The third-order valence-corrected chi connectivity index (χ3v) is 4.29. The third-order valence-electron chi connectivity index (χ3n) is 4.29. The first-order valence-corrected chi connectivity index (χ1v) is 7.72. The van der Waals surface area contributed by atoms with E-state index in [1.807, 2.05) is 26.1 Å². The summed E-state index contributed by atoms with van der Waals surface area (Å²) in [6, 6.07) is 4.37. The van der Waals surface area contributed by atoms with Gasteiger partial charge in [0, 0.05) is 12.2 Å². The maximum atomic E-state index is 5.54. The molecule has 21 heavy (non-hydrogen) atoms. The van der Waals surface area contributed by atoms with Gasteiger partial charge in [-0.3, -0.25) is 4.98 Å². The Morgan fingerprint density at radius 2 is 2.10 bits per heavy atom. The van der Waals surface area contributed by atoms with Gasteiger partial charge < -0.3 is 9.84 Å². The van der Waals surface area contributed by atoms with Crippen molar-refractivity contribution in [2.24, 2.45) is 0 Å². The van der Waals surface area contributed by atoms with E-state index in [1.165, 1.54) is 25.7 Å². The van der Waals surface area contributed by atoms with Gasteiger partial charge in [-0.05, 0) is 44.5 Å². The minimum absolute atomic E-state index is 0.309. The summed E-state index contributed by atoms with van der Waals surface area (Å²) in [5.41, 5.74) is 1.92. The Hall–Kier alpha value is -1.75. The van der Waals surface area contributed by atoms with Crippen molar-refractivity contribution in [2.45, 2.75) is 51.0 Å². The number of aryl methyl sites for hydroxylation is 1. The molecule has 5 nitrogen and oxygen atoms in total. The number of pyridine rings is 1. The van der Waals surface area contributed by atoms with Crippen LogP contribution in [0.1, 0.15) is 49.5 Å². The molecule has 2 aromatic rings. The van der Waals surface area contributed by atoms with E-state index in [1.54, 1.807) is 6.20 Å². The van der Waals surface area contributed by atoms with E-state index in [9.17, 15) is 0 Å². The van der Waals surface area contributed by atoms with Crippen LogP contribution < -0.4 is 5.32 Å². The average Bonchev–Trinajstić information content (AvgIpc) is 2.86. The molecular formula is C16H22N4O. The second kappa shape index (κ2) is 6.35. The Labute approximate surface area is 125 Å². The fourth-order valence-electron chi connectivity index (χ4n) is 3.10. The summed E-state index contributed by atoms with van der Waals surface area (Å²) >= 11 is 0. The van der Waals surface area contributed by atoms with Crippen molar-refractivity contribution < 1.29 is 4.52 Å². The van der Waals surface area contributed by atoms with Gasteiger partial charge in [0.25, 0.3) is 0 Å². The van der Waals surface area contributed by atoms with Crippen LogP contribution in [0.4, 0.5) is 0 Å². The number of aromatic nitrogens is 3. The molecule has 0 amide bonds. The van der Waals surface area contributed by atoms with Crippen molar-refractivity contribution in [2.75, 3.05) is 7.05 Å². The van der Waals surface area contributed by atoms with Crippen LogP contribution in [0.2, 0.25) is 0 Å². The van der Waals surface area contributed by atoms with E-state index in [2.05, 4.69) is 20.4 Å². The van der Waals surface area contributed by atoms with Gasteiger partial charge in [0.15, 0.2) is 0 Å². The van der Waals surface area contributed by atoms with Crippen LogP contribution in [0.5, 0.6) is 0 Å². The van der Waals surface area contributed by atoms with Crippen LogP contribution in [0.25, 0.3) is 11.5 Å². The lowest BCUT2D eigenvalue weighted by Crippen LogP contribution is -2.31. The molecule has 0 spiro atoms. The van der Waals surface area contributed by atoms with Gasteiger partial charge in [-0.25, -0.2) is 0 Å². The van der Waals surface area contributed by atoms with Crippen LogP contribution in [0.15, 0.2) is 22.9 Å². The lowest BCUT2D eigenvalue weighted by Gasteiger charge is -2.20. The Morgan fingerprint density at radius 3 is 2.90 bits per heavy atom. The Bertz CT molecular complexity index is 595. The monoisotopic (exact) mass is 286 g/mol. The standard InChI is InChI=1S/C16H22N4O/c1-11-8-9-18-14(10-11)15-19-16(21-20-15)12-6-4-3-5-7-13(12)17-2/h8-10,12-13,17H,3-7H2,1-2H3. The molecule has 2 heterocycles. The highest BCUT2D eigenvalue weighted by Crippen LogP contribution is 2.31. The summed E-state index contributed by atoms with van der Waals surface area (Å²) < 4.78 is 5.54. The summed E-state index contributed by atoms with van der Waals surface area (Å²) in [7, 11) is 2.02. The van der Waals surface area contributed by atoms with E-state index in [0.29, 0.717) is 17.8 Å². The van der Waals surface area contributed by atoms with Gasteiger partial charge in [-0.2, -0.15) is 4.98 Å². The SMILES string of the molecule is CNC1CCCCCC1c1nc(-c2cc(C)ccn2)no1. The van der Waals surface area contributed by atoms with Gasteiger partial charge in [0.2, 0.25) is 11.7 Å². The molecule has 2 unspecified atom stereocenters. The van der Waals surface area contributed by atoms with Crippen LogP contribution in [0, 0.1) is 6.92 Å². The predicted molar refractivity (Wildman–Crippen MR) is 80.9 cm³/mol. The molecule has 3 rings (SSSR count). The summed E-state index contributed by atoms with van der Waals surface area (Å²) in [5.74, 6) is 1.64. The van der Waals surface area contributed by atoms with Crippen molar-refractivity contribution in [1.29, 1.82) is 0 Å². The second-order valence-electron chi connectivity index (χ2n) is 5.81. The average molecular weight is 286 g/mol. The van der Waals surface area contributed by atoms with Gasteiger partial charge >= 0.3 is 0 Å². The Morgan fingerprint density at radius 1 is 1.24 bits per heavy atom. The van der Waals surface area contributed by atoms with Gasteiger partial charge in [-0.1, -0.05) is 24.4 Å². The Kier molecular flexibility index (Phi) is 4.29. The number of nitrogens with one attached hydrogen (secondary N) is 1. The zero-order chi connectivity index (χ0) is 14.7. The largest absolute Gasteiger partial charge is 0.339 e. The lowest BCUT2D eigenvalue weighted by atomic mass is 9.95. The minimum atomic E-state index is 0.309. The first-order chi connectivity index (χ1) is 10.3. The fraction of sp³-hybridized carbons (Fsp3) is 0.562. The van der Waals surface area contributed by atoms with Gasteiger partial charge in [0.1, 0.15) is 5.69 Å². The normalized spacial score (nSPS) is 23.0. The first-order valence-electron chi connectivity index (χ1n) is 7.72. The lowest BCUT2D eigenvalue weighted by molar-refractivity contribution is 0.311. The van der Waals surface area contributed by atoms with Crippen LogP contribution in [-0.4, -0.2) is 28.2 Å². The van der Waals surface area contributed by atoms with Gasteiger partial charge in [-0.15, -0.1) is 0 Å². The van der Waals surface area contributed by atoms with Crippen molar-refractivity contribution in [3.8, 4) is 11.5 Å². The van der Waals surface area contributed by atoms with Crippen LogP contribution in [0.3, 0.4) is 0 Å². The van der Waals surface area contributed by atoms with Crippen LogP contribution >= 0.6 is 0 Å². The number of nitrogens with zero attached hydrogens (tertiary/aromatic N) is 3. The molecule has 1 aliphatic rings. The smallest absolute Gasteiger partial charge is 0.231 e. The highest BCUT2D eigenvalue weighted by atomic mass is 16.5. The molecular weight excluding hydrogens is 264 g/mol. The highest BCUT2D eigenvalue weighted by Gasteiger charge is 2.28. The fourth-order valence-corrected chi connectivity index (χ4v) is 3.10. The van der Waals surface area contributed by atoms with E-state index < -0.39 is 0 Å². The maximum absolute atomic E-state index is 5.54. The predicted octanol–water partition coefficient (Wildman–Crippen LogP) is 3.08. The molecule has 0 aliphatic heterocycles. The van der Waals surface area contributed by atoms with Crippen LogP contribution in [-0.2, 0) is 0 Å². The number of likely N-dealkylation sites (N-methyl/N-ethyl adjacent to an activating group) is 1. The van der Waals surface area contributed by atoms with Crippen molar-refractivity contribution >= 4 is 0 Å². The molecule has 0 saturated heterocycles. The van der Waals surface area contributed by atoms with E-state index in [4.69, 9.17) is 4.52 Å². The summed E-state index contributed by atoms with van der Waals surface area (Å²) in [6.07, 6.45) is 7.83. The molecule has 112 valence electrons. The third kappa shape index (κ3) is 3.13. The number of hydrogen-bond acceptors (Lipinski definition) is 5. The van der Waals surface area contributed by atoms with Gasteiger partial charge in [0.05, 0.1) is 5.92 Å². The molecule has 0 bridgehead atoms. The van der Waals surface area contributed by atoms with E-state index in [0.717, 1.165) is 23.6 Å². The van der Waals surface area contributed by atoms with E-state index >= 15 is 0 Å². The van der Waals surface area contributed by atoms with E-state index in [-0.39, 0.29) is 0 Å². The molecule has 0 aromatic carbocycles. The minimum Gasteiger partial charge on any atom is -0.339 e. The number of rotatable bonds is 3. The molecule has 1 fully saturated rings. The summed E-state index contributed by atoms with van der Waals surface area (Å²) in [4.78, 5) is 8.93. The first kappa shape index (κ1) is 14.2. The quantitative estimate of drug-likeness (QED) is 0.878. The zero-order valence-corrected chi connectivity index (χ0v) is 12.7. The summed E-state index contributed by atoms with van der Waals surface area (Å²) in [6.45, 7) is 2.04. The zero-order valence-electron chi connectivity index (χ0n) is 12.7. The molecule has 5 heteroatoms. The second-order valence-corrected chi connectivity index (χ2v) is 5.81. The van der Waals surface area contributed by atoms with Crippen molar-refractivity contribution in [1.82, 2.24) is 20.4 Å². The number of hydrogen-bond donors (Lipinski definition) is 1. The highest BCUT2D eigenvalue weighted by molar-refractivity contribution is 5.49. The molecule has 1 N–H and O–H groups in total. The van der Waals surface area contributed by atoms with Crippen molar-refractivity contribution in [3.63, 3.8) is 0 Å². The van der Waals surface area contributed by atoms with Crippen molar-refractivity contribution in [3.05, 3.63) is 29.8 Å². The molecule has 1 saturated carbocycles. The Balaban J connectivity index is 1.86.